The minimum absolute atomic E-state index is 0.0299. The predicted molar refractivity (Wildman–Crippen MR) is 141 cm³/mol. The third-order valence-corrected chi connectivity index (χ3v) is 7.32. The maximum Gasteiger partial charge on any atom is 0.416 e. The number of hydrogen-bond donors (Lipinski definition) is 2. The van der Waals surface area contributed by atoms with Gasteiger partial charge in [-0.25, -0.2) is 19.7 Å². The molecular weight excluding hydrogens is 509 g/mol. The van der Waals surface area contributed by atoms with Crippen molar-refractivity contribution in [2.24, 2.45) is 5.92 Å². The van der Waals surface area contributed by atoms with Crippen LogP contribution >= 0.6 is 0 Å². The van der Waals surface area contributed by atoms with Crippen LogP contribution in [0.5, 0.6) is 0 Å². The van der Waals surface area contributed by atoms with Crippen molar-refractivity contribution in [1.29, 1.82) is 0 Å². The fraction of sp³-hybridized carbons (Fsp3) is 0.393. The van der Waals surface area contributed by atoms with Crippen molar-refractivity contribution in [2.75, 3.05) is 5.32 Å². The van der Waals surface area contributed by atoms with Gasteiger partial charge in [0.15, 0.2) is 11.5 Å². The van der Waals surface area contributed by atoms with Crippen LogP contribution in [0.25, 0.3) is 22.6 Å². The number of rotatable bonds is 8. The Bertz CT molecular complexity index is 1510. The predicted octanol–water partition coefficient (Wildman–Crippen LogP) is 6.38. The summed E-state index contributed by atoms with van der Waals surface area (Å²) in [5.41, 5.74) is 2.20. The van der Waals surface area contributed by atoms with E-state index in [9.17, 15) is 23.1 Å². The molecule has 11 heteroatoms. The Kier molecular flexibility index (Phi) is 7.00. The number of carbonyl (C=O) groups is 1. The lowest BCUT2D eigenvalue weighted by Crippen LogP contribution is -2.31. The molecule has 1 aliphatic rings. The van der Waals surface area contributed by atoms with Gasteiger partial charge in [-0.2, -0.15) is 13.2 Å². The van der Waals surface area contributed by atoms with Crippen molar-refractivity contribution in [3.8, 4) is 11.4 Å². The molecular formula is C28H29F3N6O2. The molecule has 3 heterocycles. The number of hydrogen-bond acceptors (Lipinski definition) is 6. The molecule has 1 atom stereocenters. The Morgan fingerprint density at radius 2 is 1.82 bits per heavy atom. The summed E-state index contributed by atoms with van der Waals surface area (Å²) in [7, 11) is 0. The highest BCUT2D eigenvalue weighted by Gasteiger charge is 2.30. The molecule has 0 spiro atoms. The van der Waals surface area contributed by atoms with E-state index in [4.69, 9.17) is 4.98 Å². The molecule has 39 heavy (non-hydrogen) atoms. The van der Waals surface area contributed by atoms with Crippen LogP contribution in [0, 0.1) is 5.92 Å². The van der Waals surface area contributed by atoms with E-state index in [1.165, 1.54) is 12.1 Å². The molecule has 4 aromatic rings. The van der Waals surface area contributed by atoms with Crippen molar-refractivity contribution in [2.45, 2.75) is 64.7 Å². The SMILES string of the molecule is CC(C)c1cncc(-c2nc3nc(C(=O)O)nc(N[C@H](C)C4CCC4)c3n2Cc2ccc(C(F)(F)F)cc2)c1. The second-order valence-electron chi connectivity index (χ2n) is 10.4. The highest BCUT2D eigenvalue weighted by atomic mass is 19.4. The lowest BCUT2D eigenvalue weighted by atomic mass is 9.80. The largest absolute Gasteiger partial charge is 0.475 e. The van der Waals surface area contributed by atoms with Crippen molar-refractivity contribution >= 4 is 23.0 Å². The standard InChI is InChI=1S/C28H29F3N6O2/c1-15(2)19-11-20(13-32-12-19)26-36-24-22(37(26)14-17-7-9-21(10-8-17)28(29,30)31)23(34-25(35-24)27(38)39)33-16(3)18-5-4-6-18/h7-13,15-16,18H,4-6,14H2,1-3H3,(H,38,39)(H,33,34,35)/t16-/m1/s1. The van der Waals surface area contributed by atoms with Gasteiger partial charge in [-0.1, -0.05) is 32.4 Å². The molecule has 0 bridgehead atoms. The van der Waals surface area contributed by atoms with Crippen LogP contribution in [0.15, 0.2) is 42.7 Å². The highest BCUT2D eigenvalue weighted by molar-refractivity contribution is 5.92. The summed E-state index contributed by atoms with van der Waals surface area (Å²) in [6, 6.07) is 6.94. The monoisotopic (exact) mass is 538 g/mol. The van der Waals surface area contributed by atoms with Crippen LogP contribution in [0.2, 0.25) is 0 Å². The summed E-state index contributed by atoms with van der Waals surface area (Å²) in [5.74, 6) is -0.235. The van der Waals surface area contributed by atoms with E-state index in [-0.39, 0.29) is 30.0 Å². The lowest BCUT2D eigenvalue weighted by Gasteiger charge is -2.32. The summed E-state index contributed by atoms with van der Waals surface area (Å²) >= 11 is 0. The number of imidazole rings is 1. The number of carboxylic acid groups (broad SMARTS) is 1. The maximum atomic E-state index is 13.2. The van der Waals surface area contributed by atoms with Gasteiger partial charge in [-0.15, -0.1) is 0 Å². The number of aromatic carboxylic acids is 1. The number of nitrogens with zero attached hydrogens (tertiary/aromatic N) is 5. The number of fused-ring (bicyclic) bond motifs is 1. The number of benzene rings is 1. The smallest absolute Gasteiger partial charge is 0.416 e. The van der Waals surface area contributed by atoms with Gasteiger partial charge in [0, 0.05) is 30.5 Å². The van der Waals surface area contributed by atoms with Crippen LogP contribution < -0.4 is 5.32 Å². The molecule has 0 amide bonds. The van der Waals surface area contributed by atoms with Crippen LogP contribution in [0.1, 0.15) is 73.3 Å². The zero-order valence-electron chi connectivity index (χ0n) is 21.8. The number of carboxylic acids is 1. The first-order valence-electron chi connectivity index (χ1n) is 12.9. The average molecular weight is 539 g/mol. The van der Waals surface area contributed by atoms with Crippen LogP contribution in [0.4, 0.5) is 19.0 Å². The molecule has 204 valence electrons. The zero-order valence-corrected chi connectivity index (χ0v) is 21.8. The minimum Gasteiger partial charge on any atom is -0.475 e. The summed E-state index contributed by atoms with van der Waals surface area (Å²) in [4.78, 5) is 29.5. The first kappa shape index (κ1) is 26.6. The quantitative estimate of drug-likeness (QED) is 0.268. The summed E-state index contributed by atoms with van der Waals surface area (Å²) < 4.78 is 41.3. The molecule has 8 nitrogen and oxygen atoms in total. The number of alkyl halides is 3. The van der Waals surface area contributed by atoms with E-state index in [0.717, 1.165) is 37.0 Å². The van der Waals surface area contributed by atoms with Crippen LogP contribution in [-0.4, -0.2) is 41.6 Å². The van der Waals surface area contributed by atoms with Gasteiger partial charge in [0.05, 0.1) is 5.56 Å². The molecule has 0 unspecified atom stereocenters. The number of aromatic nitrogens is 5. The van der Waals surface area contributed by atoms with E-state index in [2.05, 4.69) is 20.3 Å². The van der Waals surface area contributed by atoms with Gasteiger partial charge in [0.2, 0.25) is 5.82 Å². The Labute approximate surface area is 223 Å². The van der Waals surface area contributed by atoms with Crippen molar-refractivity contribution in [3.63, 3.8) is 0 Å². The molecule has 1 aliphatic carbocycles. The van der Waals surface area contributed by atoms with E-state index in [0.29, 0.717) is 34.2 Å². The second kappa shape index (κ2) is 10.3. The Morgan fingerprint density at radius 3 is 2.41 bits per heavy atom. The molecule has 1 saturated carbocycles. The third kappa shape index (κ3) is 5.43. The van der Waals surface area contributed by atoms with Gasteiger partial charge in [-0.3, -0.25) is 4.98 Å². The van der Waals surface area contributed by atoms with Gasteiger partial charge in [0.25, 0.3) is 0 Å². The molecule has 1 fully saturated rings. The maximum absolute atomic E-state index is 13.2. The van der Waals surface area contributed by atoms with E-state index in [1.54, 1.807) is 12.4 Å². The Hall–Kier alpha value is -4.02. The zero-order chi connectivity index (χ0) is 27.9. The van der Waals surface area contributed by atoms with E-state index >= 15 is 0 Å². The fourth-order valence-corrected chi connectivity index (χ4v) is 4.76. The molecule has 5 rings (SSSR count). The summed E-state index contributed by atoms with van der Waals surface area (Å²) in [5, 5.41) is 13.1. The number of pyridine rings is 1. The average Bonchev–Trinajstić information content (AvgIpc) is 3.21. The Morgan fingerprint density at radius 1 is 1.10 bits per heavy atom. The summed E-state index contributed by atoms with van der Waals surface area (Å²) in [6.07, 6.45) is 2.27. The van der Waals surface area contributed by atoms with Crippen LogP contribution in [0.3, 0.4) is 0 Å². The topological polar surface area (TPSA) is 106 Å². The lowest BCUT2D eigenvalue weighted by molar-refractivity contribution is -0.137. The first-order valence-corrected chi connectivity index (χ1v) is 12.9. The van der Waals surface area contributed by atoms with E-state index in [1.807, 2.05) is 31.4 Å². The summed E-state index contributed by atoms with van der Waals surface area (Å²) in [6.45, 7) is 6.28. The van der Waals surface area contributed by atoms with Gasteiger partial charge >= 0.3 is 12.1 Å². The van der Waals surface area contributed by atoms with Crippen molar-refractivity contribution in [3.05, 3.63) is 65.2 Å². The molecule has 2 N–H and O–H groups in total. The fourth-order valence-electron chi connectivity index (χ4n) is 4.76. The molecule has 1 aromatic carbocycles. The number of anilines is 1. The number of halogens is 3. The van der Waals surface area contributed by atoms with E-state index < -0.39 is 17.7 Å². The second-order valence-corrected chi connectivity index (χ2v) is 10.4. The highest BCUT2D eigenvalue weighted by Crippen LogP contribution is 2.35. The Balaban J connectivity index is 1.69. The molecule has 0 aliphatic heterocycles. The molecule has 0 saturated heterocycles. The third-order valence-electron chi connectivity index (χ3n) is 7.32. The van der Waals surface area contributed by atoms with Crippen LogP contribution in [-0.2, 0) is 12.7 Å². The first-order chi connectivity index (χ1) is 18.5. The molecule has 0 radical (unpaired) electrons. The molecule has 3 aromatic heterocycles. The normalized spacial score (nSPS) is 14.9. The van der Waals surface area contributed by atoms with Gasteiger partial charge < -0.3 is 15.0 Å². The van der Waals surface area contributed by atoms with Gasteiger partial charge in [-0.05, 0) is 60.9 Å². The van der Waals surface area contributed by atoms with Crippen molar-refractivity contribution in [1.82, 2.24) is 24.5 Å². The van der Waals surface area contributed by atoms with Crippen molar-refractivity contribution < 1.29 is 23.1 Å². The van der Waals surface area contributed by atoms with Gasteiger partial charge in [0.1, 0.15) is 11.3 Å². The minimum atomic E-state index is -4.44. The number of nitrogens with one attached hydrogen (secondary N) is 1.